The maximum Gasteiger partial charge on any atom is 0.255 e. The highest BCUT2D eigenvalue weighted by molar-refractivity contribution is 6.33. The van der Waals surface area contributed by atoms with Crippen molar-refractivity contribution < 1.29 is 4.79 Å². The Labute approximate surface area is 168 Å². The van der Waals surface area contributed by atoms with E-state index in [1.165, 1.54) is 0 Å². The average Bonchev–Trinajstić information content (AvgIpc) is 3.16. The van der Waals surface area contributed by atoms with Crippen molar-refractivity contribution in [2.75, 3.05) is 6.54 Å². The van der Waals surface area contributed by atoms with Gasteiger partial charge < -0.3 is 5.32 Å². The predicted octanol–water partition coefficient (Wildman–Crippen LogP) is 4.86. The van der Waals surface area contributed by atoms with E-state index in [2.05, 4.69) is 10.3 Å². The van der Waals surface area contributed by atoms with Crippen LogP contribution in [-0.2, 0) is 0 Å². The number of aromatic nitrogens is 3. The van der Waals surface area contributed by atoms with Crippen molar-refractivity contribution in [2.24, 2.45) is 0 Å². The van der Waals surface area contributed by atoms with Crippen LogP contribution < -0.4 is 5.32 Å². The number of amides is 1. The normalized spacial score (nSPS) is 10.9. The number of benzene rings is 2. The van der Waals surface area contributed by atoms with Gasteiger partial charge in [-0.3, -0.25) is 4.79 Å². The van der Waals surface area contributed by atoms with Gasteiger partial charge in [0, 0.05) is 29.9 Å². The third-order valence-corrected chi connectivity index (χ3v) is 4.79. The summed E-state index contributed by atoms with van der Waals surface area (Å²) in [6.45, 7) is 2.62. The lowest BCUT2D eigenvalue weighted by molar-refractivity contribution is 0.0953. The highest BCUT2D eigenvalue weighted by Crippen LogP contribution is 2.30. The molecule has 2 aromatic heterocycles. The summed E-state index contributed by atoms with van der Waals surface area (Å²) in [6.07, 6.45) is 2.47. The zero-order chi connectivity index (χ0) is 19.5. The van der Waals surface area contributed by atoms with E-state index in [1.54, 1.807) is 10.7 Å². The highest BCUT2D eigenvalue weighted by Gasteiger charge is 2.19. The summed E-state index contributed by atoms with van der Waals surface area (Å²) in [5.74, 6) is -0.162. The van der Waals surface area contributed by atoms with Gasteiger partial charge in [0.2, 0.25) is 0 Å². The molecule has 4 aromatic rings. The van der Waals surface area contributed by atoms with Crippen LogP contribution in [0, 0.1) is 0 Å². The number of rotatable bonds is 5. The zero-order valence-corrected chi connectivity index (χ0v) is 16.1. The lowest BCUT2D eigenvalue weighted by Gasteiger charge is -2.11. The van der Waals surface area contributed by atoms with E-state index in [0.29, 0.717) is 34.2 Å². The molecule has 0 bridgehead atoms. The number of hydrogen-bond acceptors (Lipinski definition) is 3. The molecule has 28 heavy (non-hydrogen) atoms. The lowest BCUT2D eigenvalue weighted by Crippen LogP contribution is -2.25. The molecule has 0 aliphatic carbocycles. The van der Waals surface area contributed by atoms with E-state index in [1.807, 2.05) is 67.6 Å². The maximum atomic E-state index is 12.8. The molecule has 0 atom stereocenters. The highest BCUT2D eigenvalue weighted by atomic mass is 35.5. The molecule has 2 aromatic carbocycles. The molecule has 0 aliphatic rings. The number of halogens is 1. The molecule has 5 nitrogen and oxygen atoms in total. The van der Waals surface area contributed by atoms with E-state index >= 15 is 0 Å². The van der Waals surface area contributed by atoms with Crippen LogP contribution in [0.3, 0.4) is 0 Å². The van der Waals surface area contributed by atoms with E-state index < -0.39 is 0 Å². The van der Waals surface area contributed by atoms with E-state index in [-0.39, 0.29) is 5.91 Å². The third-order valence-electron chi connectivity index (χ3n) is 4.46. The number of nitrogens with zero attached hydrogens (tertiary/aromatic N) is 3. The molecular formula is C22H19ClN4O. The standard InChI is InChI=1S/C22H19ClN4O/c1-2-12-24-22(28)17-14-25-20-13-19(16-10-6-7-11-18(16)23)26-27(20)21(17)15-8-4-3-5-9-15/h3-11,13-14H,2,12H2,1H3,(H,24,28). The Hall–Kier alpha value is -3.18. The SMILES string of the molecule is CCCNC(=O)c1cnc2cc(-c3ccccc3Cl)nn2c1-c1ccccc1. The van der Waals surface area contributed by atoms with Gasteiger partial charge in [0.1, 0.15) is 0 Å². The van der Waals surface area contributed by atoms with Crippen molar-refractivity contribution in [1.29, 1.82) is 0 Å². The second-order valence-electron chi connectivity index (χ2n) is 6.42. The van der Waals surface area contributed by atoms with Crippen molar-refractivity contribution in [3.8, 4) is 22.5 Å². The van der Waals surface area contributed by atoms with E-state index in [4.69, 9.17) is 16.7 Å². The number of carbonyl (C=O) groups is 1. The molecule has 1 N–H and O–H groups in total. The summed E-state index contributed by atoms with van der Waals surface area (Å²) in [5.41, 5.74) is 4.27. The first-order chi connectivity index (χ1) is 13.7. The van der Waals surface area contributed by atoms with Crippen LogP contribution in [-0.4, -0.2) is 27.0 Å². The van der Waals surface area contributed by atoms with Gasteiger partial charge in [-0.05, 0) is 12.5 Å². The van der Waals surface area contributed by atoms with Gasteiger partial charge in [-0.15, -0.1) is 0 Å². The molecule has 0 aliphatic heterocycles. The number of carbonyl (C=O) groups excluding carboxylic acids is 1. The van der Waals surface area contributed by atoms with E-state index in [9.17, 15) is 4.79 Å². The summed E-state index contributed by atoms with van der Waals surface area (Å²) >= 11 is 6.35. The Morgan fingerprint density at radius 3 is 2.61 bits per heavy atom. The fraction of sp³-hybridized carbons (Fsp3) is 0.136. The quantitative estimate of drug-likeness (QED) is 0.529. The Balaban J connectivity index is 1.94. The molecule has 1 amide bonds. The maximum absolute atomic E-state index is 12.8. The second-order valence-corrected chi connectivity index (χ2v) is 6.83. The first kappa shape index (κ1) is 18.2. The molecule has 4 rings (SSSR count). The fourth-order valence-electron chi connectivity index (χ4n) is 3.11. The topological polar surface area (TPSA) is 59.3 Å². The predicted molar refractivity (Wildman–Crippen MR) is 111 cm³/mol. The molecule has 6 heteroatoms. The smallest absolute Gasteiger partial charge is 0.255 e. The summed E-state index contributed by atoms with van der Waals surface area (Å²) in [7, 11) is 0. The summed E-state index contributed by atoms with van der Waals surface area (Å²) < 4.78 is 1.72. The minimum atomic E-state index is -0.162. The monoisotopic (exact) mass is 390 g/mol. The van der Waals surface area contributed by atoms with Crippen LogP contribution in [0.25, 0.3) is 28.2 Å². The van der Waals surface area contributed by atoms with Gasteiger partial charge in [0.15, 0.2) is 5.65 Å². The zero-order valence-electron chi connectivity index (χ0n) is 15.4. The number of fused-ring (bicyclic) bond motifs is 1. The Kier molecular flexibility index (Phi) is 5.08. The Bertz CT molecular complexity index is 1140. The minimum Gasteiger partial charge on any atom is -0.352 e. The third kappa shape index (κ3) is 3.37. The average molecular weight is 391 g/mol. The van der Waals surface area contributed by atoms with Crippen molar-refractivity contribution in [3.63, 3.8) is 0 Å². The first-order valence-corrected chi connectivity index (χ1v) is 9.54. The van der Waals surface area contributed by atoms with Crippen molar-refractivity contribution in [1.82, 2.24) is 19.9 Å². The van der Waals surface area contributed by atoms with Crippen LogP contribution in [0.4, 0.5) is 0 Å². The Morgan fingerprint density at radius 1 is 1.11 bits per heavy atom. The van der Waals surface area contributed by atoms with Gasteiger partial charge >= 0.3 is 0 Å². The van der Waals surface area contributed by atoms with Crippen LogP contribution >= 0.6 is 11.6 Å². The van der Waals surface area contributed by atoms with Gasteiger partial charge in [-0.25, -0.2) is 9.50 Å². The summed E-state index contributed by atoms with van der Waals surface area (Å²) in [5, 5.41) is 8.28. The molecule has 0 unspecified atom stereocenters. The summed E-state index contributed by atoms with van der Waals surface area (Å²) in [4.78, 5) is 17.2. The van der Waals surface area contributed by atoms with Crippen LogP contribution in [0.5, 0.6) is 0 Å². The molecule has 0 saturated carbocycles. The van der Waals surface area contributed by atoms with Crippen LogP contribution in [0.2, 0.25) is 5.02 Å². The Morgan fingerprint density at radius 2 is 1.86 bits per heavy atom. The van der Waals surface area contributed by atoms with Crippen molar-refractivity contribution in [2.45, 2.75) is 13.3 Å². The fourth-order valence-corrected chi connectivity index (χ4v) is 3.34. The molecule has 0 fully saturated rings. The van der Waals surface area contributed by atoms with Gasteiger partial charge in [0.05, 0.1) is 22.0 Å². The van der Waals surface area contributed by atoms with E-state index in [0.717, 1.165) is 17.5 Å². The molecule has 140 valence electrons. The van der Waals surface area contributed by atoms with Crippen molar-refractivity contribution >= 4 is 23.2 Å². The molecule has 0 radical (unpaired) electrons. The lowest BCUT2D eigenvalue weighted by atomic mass is 10.1. The van der Waals surface area contributed by atoms with Gasteiger partial charge in [-0.1, -0.05) is 67.1 Å². The molecule has 0 saturated heterocycles. The van der Waals surface area contributed by atoms with Crippen LogP contribution in [0.15, 0.2) is 66.9 Å². The first-order valence-electron chi connectivity index (χ1n) is 9.16. The van der Waals surface area contributed by atoms with Crippen molar-refractivity contribution in [3.05, 3.63) is 77.4 Å². The largest absolute Gasteiger partial charge is 0.352 e. The molecule has 2 heterocycles. The van der Waals surface area contributed by atoms with Gasteiger partial charge in [-0.2, -0.15) is 5.10 Å². The minimum absolute atomic E-state index is 0.162. The summed E-state index contributed by atoms with van der Waals surface area (Å²) in [6, 6.07) is 19.2. The number of hydrogen-bond donors (Lipinski definition) is 1. The molecule has 0 spiro atoms. The molecular weight excluding hydrogens is 372 g/mol. The number of nitrogens with one attached hydrogen (secondary N) is 1. The van der Waals surface area contributed by atoms with Gasteiger partial charge in [0.25, 0.3) is 5.91 Å². The van der Waals surface area contributed by atoms with Crippen LogP contribution in [0.1, 0.15) is 23.7 Å². The second kappa shape index (κ2) is 7.82.